The molecular weight excluding hydrogens is 417 g/mol. The van der Waals surface area contributed by atoms with Gasteiger partial charge in [-0.2, -0.15) is 5.10 Å². The Balaban J connectivity index is 1.47. The van der Waals surface area contributed by atoms with Crippen LogP contribution >= 0.6 is 22.6 Å². The highest BCUT2D eigenvalue weighted by atomic mass is 127. The molecule has 1 aromatic heterocycles. The van der Waals surface area contributed by atoms with E-state index in [1.165, 1.54) is 12.8 Å². The predicted molar refractivity (Wildman–Crippen MR) is 103 cm³/mol. The smallest absolute Gasteiger partial charge is 0.252 e. The van der Waals surface area contributed by atoms with Crippen LogP contribution in [0.15, 0.2) is 36.5 Å². The summed E-state index contributed by atoms with van der Waals surface area (Å²) < 4.78 is 0.949. The number of rotatable bonds is 6. The van der Waals surface area contributed by atoms with Gasteiger partial charge in [-0.1, -0.05) is 12.1 Å². The third kappa shape index (κ3) is 4.34. The Hall–Kier alpha value is -1.90. The fourth-order valence-electron chi connectivity index (χ4n) is 2.70. The molecule has 7 heteroatoms. The number of carbonyl (C=O) groups is 1. The highest BCUT2D eigenvalue weighted by Crippen LogP contribution is 2.20. The molecular formula is C17H20IN5O. The third-order valence-electron chi connectivity index (χ3n) is 3.95. The molecule has 1 fully saturated rings. The van der Waals surface area contributed by atoms with Crippen LogP contribution in [0.1, 0.15) is 23.2 Å². The molecule has 0 aliphatic carbocycles. The van der Waals surface area contributed by atoms with Gasteiger partial charge in [0.2, 0.25) is 0 Å². The molecule has 1 aromatic carbocycles. The average Bonchev–Trinajstić information content (AvgIpc) is 3.14. The summed E-state index contributed by atoms with van der Waals surface area (Å²) in [5.74, 6) is 0.682. The van der Waals surface area contributed by atoms with Gasteiger partial charge in [-0.05, 0) is 47.6 Å². The van der Waals surface area contributed by atoms with E-state index in [0.29, 0.717) is 18.7 Å². The third-order valence-corrected chi connectivity index (χ3v) is 4.89. The molecule has 24 heavy (non-hydrogen) atoms. The van der Waals surface area contributed by atoms with E-state index in [9.17, 15) is 4.79 Å². The Bertz CT molecular complexity index is 703. The maximum absolute atomic E-state index is 12.1. The molecule has 0 atom stereocenters. The SMILES string of the molecule is O=C(NCCNc1cc(N2CCCC2)cnn1)c1ccccc1I. The normalized spacial score (nSPS) is 13.8. The van der Waals surface area contributed by atoms with Crippen molar-refractivity contribution < 1.29 is 4.79 Å². The number of carbonyl (C=O) groups excluding carboxylic acids is 1. The van der Waals surface area contributed by atoms with Gasteiger partial charge in [-0.3, -0.25) is 4.79 Å². The standard InChI is InChI=1S/C17H20IN5O/c18-15-6-2-1-5-14(15)17(24)20-8-7-19-16-11-13(12-21-22-16)23-9-3-4-10-23/h1-2,5-6,11-12H,3-4,7-10H2,(H,19,22)(H,20,24). The lowest BCUT2D eigenvalue weighted by molar-refractivity contribution is 0.0954. The molecule has 0 unspecified atom stereocenters. The lowest BCUT2D eigenvalue weighted by atomic mass is 10.2. The Kier molecular flexibility index (Phi) is 5.84. The topological polar surface area (TPSA) is 70.2 Å². The number of anilines is 2. The van der Waals surface area contributed by atoms with Gasteiger partial charge in [0.05, 0.1) is 17.4 Å². The molecule has 0 spiro atoms. The van der Waals surface area contributed by atoms with Gasteiger partial charge in [-0.15, -0.1) is 5.10 Å². The Morgan fingerprint density at radius 2 is 2.00 bits per heavy atom. The minimum absolute atomic E-state index is 0.0568. The van der Waals surface area contributed by atoms with Gasteiger partial charge in [0.25, 0.3) is 5.91 Å². The van der Waals surface area contributed by atoms with Crippen molar-refractivity contribution in [2.45, 2.75) is 12.8 Å². The van der Waals surface area contributed by atoms with E-state index >= 15 is 0 Å². The first kappa shape index (κ1) is 16.9. The van der Waals surface area contributed by atoms with E-state index in [1.807, 2.05) is 30.3 Å². The number of nitrogens with zero attached hydrogens (tertiary/aromatic N) is 3. The van der Waals surface area contributed by atoms with E-state index in [1.54, 1.807) is 6.20 Å². The molecule has 1 saturated heterocycles. The van der Waals surface area contributed by atoms with Crippen LogP contribution in [0, 0.1) is 3.57 Å². The van der Waals surface area contributed by atoms with Gasteiger partial charge >= 0.3 is 0 Å². The van der Waals surface area contributed by atoms with Gasteiger partial charge in [-0.25, -0.2) is 0 Å². The molecule has 0 radical (unpaired) electrons. The minimum Gasteiger partial charge on any atom is -0.370 e. The van der Waals surface area contributed by atoms with Crippen molar-refractivity contribution in [3.8, 4) is 0 Å². The van der Waals surface area contributed by atoms with E-state index < -0.39 is 0 Å². The zero-order valence-electron chi connectivity index (χ0n) is 13.3. The molecule has 2 heterocycles. The number of hydrogen-bond acceptors (Lipinski definition) is 5. The van der Waals surface area contributed by atoms with Crippen molar-refractivity contribution in [2.24, 2.45) is 0 Å². The van der Waals surface area contributed by atoms with Crippen molar-refractivity contribution in [3.63, 3.8) is 0 Å². The van der Waals surface area contributed by atoms with E-state index in [4.69, 9.17) is 0 Å². The molecule has 0 saturated carbocycles. The second-order valence-corrected chi connectivity index (χ2v) is 6.82. The molecule has 1 aliphatic rings. The largest absolute Gasteiger partial charge is 0.370 e. The molecule has 3 rings (SSSR count). The van der Waals surface area contributed by atoms with E-state index in [-0.39, 0.29) is 5.91 Å². The lowest BCUT2D eigenvalue weighted by Crippen LogP contribution is -2.29. The second-order valence-electron chi connectivity index (χ2n) is 5.66. The molecule has 1 amide bonds. The first-order valence-corrected chi connectivity index (χ1v) is 9.16. The fraction of sp³-hybridized carbons (Fsp3) is 0.353. The van der Waals surface area contributed by atoms with Crippen LogP contribution in [0.2, 0.25) is 0 Å². The zero-order chi connectivity index (χ0) is 16.8. The number of benzene rings is 1. The van der Waals surface area contributed by atoms with Crippen molar-refractivity contribution in [2.75, 3.05) is 36.4 Å². The molecule has 6 nitrogen and oxygen atoms in total. The van der Waals surface area contributed by atoms with Crippen molar-refractivity contribution in [1.82, 2.24) is 15.5 Å². The molecule has 2 aromatic rings. The van der Waals surface area contributed by atoms with Crippen LogP contribution in [0.5, 0.6) is 0 Å². The first-order valence-electron chi connectivity index (χ1n) is 8.08. The van der Waals surface area contributed by atoms with Crippen molar-refractivity contribution in [3.05, 3.63) is 45.7 Å². The first-order chi connectivity index (χ1) is 11.7. The van der Waals surface area contributed by atoms with Gasteiger partial charge in [0.1, 0.15) is 0 Å². The van der Waals surface area contributed by atoms with Gasteiger partial charge < -0.3 is 15.5 Å². The van der Waals surface area contributed by atoms with Crippen LogP contribution in [0.4, 0.5) is 11.5 Å². The quantitative estimate of drug-likeness (QED) is 0.537. The number of amides is 1. The molecule has 2 N–H and O–H groups in total. The lowest BCUT2D eigenvalue weighted by Gasteiger charge is -2.17. The highest BCUT2D eigenvalue weighted by molar-refractivity contribution is 14.1. The summed E-state index contributed by atoms with van der Waals surface area (Å²) in [6.45, 7) is 3.29. The number of halogens is 1. The minimum atomic E-state index is -0.0568. The summed E-state index contributed by atoms with van der Waals surface area (Å²) in [7, 11) is 0. The molecule has 0 bridgehead atoms. The summed E-state index contributed by atoms with van der Waals surface area (Å²) in [6, 6.07) is 9.56. The average molecular weight is 437 g/mol. The number of nitrogens with one attached hydrogen (secondary N) is 2. The van der Waals surface area contributed by atoms with Crippen LogP contribution in [0.3, 0.4) is 0 Å². The predicted octanol–water partition coefficient (Wildman–Crippen LogP) is 2.52. The van der Waals surface area contributed by atoms with Crippen LogP contribution < -0.4 is 15.5 Å². The maximum Gasteiger partial charge on any atom is 0.252 e. The summed E-state index contributed by atoms with van der Waals surface area (Å²) >= 11 is 2.17. The number of aromatic nitrogens is 2. The Morgan fingerprint density at radius 3 is 2.79 bits per heavy atom. The van der Waals surface area contributed by atoms with Crippen LogP contribution in [-0.4, -0.2) is 42.3 Å². The summed E-state index contributed by atoms with van der Waals surface area (Å²) in [6.07, 6.45) is 4.26. The monoisotopic (exact) mass is 437 g/mol. The summed E-state index contributed by atoms with van der Waals surface area (Å²) in [5.41, 5.74) is 1.81. The van der Waals surface area contributed by atoms with Crippen LogP contribution in [0.25, 0.3) is 0 Å². The zero-order valence-corrected chi connectivity index (χ0v) is 15.5. The van der Waals surface area contributed by atoms with Gasteiger partial charge in [0, 0.05) is 35.8 Å². The van der Waals surface area contributed by atoms with Crippen LogP contribution in [-0.2, 0) is 0 Å². The summed E-state index contributed by atoms with van der Waals surface area (Å²) in [4.78, 5) is 14.4. The van der Waals surface area contributed by atoms with E-state index in [2.05, 4.69) is 48.3 Å². The second kappa shape index (κ2) is 8.27. The maximum atomic E-state index is 12.1. The Labute approximate surface area is 155 Å². The fourth-order valence-corrected chi connectivity index (χ4v) is 3.33. The molecule has 1 aliphatic heterocycles. The molecule has 126 valence electrons. The number of hydrogen-bond donors (Lipinski definition) is 2. The van der Waals surface area contributed by atoms with Crippen molar-refractivity contribution >= 4 is 40.0 Å². The van der Waals surface area contributed by atoms with Crippen molar-refractivity contribution in [1.29, 1.82) is 0 Å². The van der Waals surface area contributed by atoms with E-state index in [0.717, 1.165) is 28.2 Å². The van der Waals surface area contributed by atoms with Gasteiger partial charge in [0.15, 0.2) is 5.82 Å². The Morgan fingerprint density at radius 1 is 1.21 bits per heavy atom. The summed E-state index contributed by atoms with van der Waals surface area (Å²) in [5, 5.41) is 14.3. The highest BCUT2D eigenvalue weighted by Gasteiger charge is 2.13.